The summed E-state index contributed by atoms with van der Waals surface area (Å²) in [7, 11) is 0. The number of nitrogens with one attached hydrogen (secondary N) is 1. The largest absolute Gasteiger partial charge is 0.481 e. The normalized spacial score (nSPS) is 17.9. The number of hydrogen-bond acceptors (Lipinski definition) is 5. The fourth-order valence-corrected chi connectivity index (χ4v) is 6.52. The minimum Gasteiger partial charge on any atom is -0.481 e. The van der Waals surface area contributed by atoms with E-state index < -0.39 is 51.7 Å². The topological polar surface area (TPSA) is 89.9 Å². The number of carbonyl (C=O) groups excluding carboxylic acids is 2. The van der Waals surface area contributed by atoms with Crippen molar-refractivity contribution in [2.75, 3.05) is 37.6 Å². The number of amides is 2. The van der Waals surface area contributed by atoms with Gasteiger partial charge in [0.1, 0.15) is 0 Å². The maximum Gasteiger partial charge on any atom is 0.418 e. The summed E-state index contributed by atoms with van der Waals surface area (Å²) < 4.78 is 85.8. The molecule has 2 amide bonds. The molecule has 44 heavy (non-hydrogen) atoms. The lowest BCUT2D eigenvalue weighted by molar-refractivity contribution is -0.163. The highest BCUT2D eigenvalue weighted by atomic mass is 32.2. The lowest BCUT2D eigenvalue weighted by Gasteiger charge is -2.33. The second kappa shape index (κ2) is 14.0. The number of carboxylic acid groups (broad SMARTS) is 1. The number of nitrogens with zero attached hydrogens (tertiary/aromatic N) is 2. The third-order valence-electron chi connectivity index (χ3n) is 7.45. The Labute approximate surface area is 254 Å². The molecule has 1 atom stereocenters. The summed E-state index contributed by atoms with van der Waals surface area (Å²) in [5, 5.41) is 11.9. The predicted octanol–water partition coefficient (Wildman–Crippen LogP) is 6.32. The molecule has 2 aliphatic rings. The Balaban J connectivity index is 1.59. The zero-order valence-corrected chi connectivity index (χ0v) is 24.3. The maximum absolute atomic E-state index is 14.4. The third kappa shape index (κ3) is 8.27. The molecule has 2 aliphatic heterocycles. The fraction of sp³-hybridized carbons (Fsp3) is 0.433. The van der Waals surface area contributed by atoms with Gasteiger partial charge in [0.25, 0.3) is 0 Å². The van der Waals surface area contributed by atoms with E-state index >= 15 is 0 Å². The van der Waals surface area contributed by atoms with Gasteiger partial charge in [-0.25, -0.2) is 0 Å². The second-order valence-electron chi connectivity index (χ2n) is 10.6. The van der Waals surface area contributed by atoms with Crippen LogP contribution in [0, 0.1) is 5.92 Å². The Kier molecular flexibility index (Phi) is 10.5. The molecule has 7 nitrogen and oxygen atoms in total. The minimum atomic E-state index is -5.40. The van der Waals surface area contributed by atoms with E-state index in [-0.39, 0.29) is 23.9 Å². The second-order valence-corrected chi connectivity index (χ2v) is 11.6. The summed E-state index contributed by atoms with van der Waals surface area (Å²) in [6, 6.07) is 8.09. The molecule has 2 aromatic rings. The van der Waals surface area contributed by atoms with Crippen molar-refractivity contribution >= 4 is 41.3 Å². The molecule has 0 bridgehead atoms. The van der Waals surface area contributed by atoms with Crippen LogP contribution in [-0.4, -0.2) is 60.5 Å². The minimum absolute atomic E-state index is 0.0137. The number of para-hydroxylation sites is 1. The molecule has 0 radical (unpaired) electrons. The van der Waals surface area contributed by atoms with E-state index in [4.69, 9.17) is 0 Å². The van der Waals surface area contributed by atoms with Crippen LogP contribution in [0.25, 0.3) is 6.08 Å². The zero-order valence-electron chi connectivity index (χ0n) is 23.5. The van der Waals surface area contributed by atoms with Crippen LogP contribution in [0.3, 0.4) is 0 Å². The average molecular weight is 644 g/mol. The number of piperidine rings is 1. The number of alkyl halides is 6. The van der Waals surface area contributed by atoms with Crippen molar-refractivity contribution in [2.24, 2.45) is 5.92 Å². The SMILES string of the molecule is O=C(C=Cc1ccc(Sc2ccccc2N2CCCC(C(=O)O)C2)c(C(F)(F)F)c1C(F)(F)F)NCCCN1CCCC1=O. The summed E-state index contributed by atoms with van der Waals surface area (Å²) >= 11 is 0.518. The summed E-state index contributed by atoms with van der Waals surface area (Å²) in [5.74, 6) is -2.44. The van der Waals surface area contributed by atoms with Crippen molar-refractivity contribution in [1.29, 1.82) is 0 Å². The van der Waals surface area contributed by atoms with Crippen LogP contribution < -0.4 is 10.2 Å². The lowest BCUT2D eigenvalue weighted by atomic mass is 9.98. The van der Waals surface area contributed by atoms with Crippen LogP contribution >= 0.6 is 11.8 Å². The maximum atomic E-state index is 14.4. The fourth-order valence-electron chi connectivity index (χ4n) is 5.38. The number of likely N-dealkylation sites (tertiary alicyclic amines) is 1. The standard InChI is InChI=1S/C30H31F6N3O4S/c31-29(32,33)26-19(11-13-24(40)37-14-5-17-38-15-4-9-25(38)41)10-12-23(27(26)30(34,35)36)44-22-8-2-1-7-21(22)39-16-3-6-20(18-39)28(42)43/h1-2,7-8,10-13,20H,3-6,9,14-18H2,(H,37,40)(H,42,43). The third-order valence-corrected chi connectivity index (χ3v) is 8.58. The first kappa shape index (κ1) is 33.2. The van der Waals surface area contributed by atoms with Gasteiger partial charge in [-0.1, -0.05) is 30.0 Å². The van der Waals surface area contributed by atoms with Gasteiger partial charge in [0.15, 0.2) is 0 Å². The van der Waals surface area contributed by atoms with E-state index in [1.54, 1.807) is 28.0 Å². The van der Waals surface area contributed by atoms with Gasteiger partial charge in [0, 0.05) is 55.0 Å². The number of rotatable bonds is 10. The summed E-state index contributed by atoms with van der Waals surface area (Å²) in [4.78, 5) is 38.4. The van der Waals surface area contributed by atoms with Crippen LogP contribution in [-0.2, 0) is 26.7 Å². The van der Waals surface area contributed by atoms with Gasteiger partial charge < -0.3 is 20.2 Å². The molecule has 2 fully saturated rings. The summed E-state index contributed by atoms with van der Waals surface area (Å²) in [6.07, 6.45) is -6.71. The van der Waals surface area contributed by atoms with Crippen LogP contribution in [0.4, 0.5) is 32.0 Å². The molecule has 14 heteroatoms. The molecule has 0 aliphatic carbocycles. The van der Waals surface area contributed by atoms with Crippen molar-refractivity contribution in [3.8, 4) is 0 Å². The van der Waals surface area contributed by atoms with Gasteiger partial charge in [0.05, 0.1) is 22.7 Å². The van der Waals surface area contributed by atoms with Crippen molar-refractivity contribution in [1.82, 2.24) is 10.2 Å². The van der Waals surface area contributed by atoms with E-state index in [1.165, 1.54) is 6.07 Å². The molecule has 2 aromatic carbocycles. The smallest absolute Gasteiger partial charge is 0.418 e. The summed E-state index contributed by atoms with van der Waals surface area (Å²) in [6.45, 7) is 1.73. The number of hydrogen-bond donors (Lipinski definition) is 2. The van der Waals surface area contributed by atoms with Crippen LogP contribution in [0.2, 0.25) is 0 Å². The monoisotopic (exact) mass is 643 g/mol. The number of carbonyl (C=O) groups is 3. The molecular formula is C30H31F6N3O4S. The molecule has 1 unspecified atom stereocenters. The van der Waals surface area contributed by atoms with E-state index in [0.29, 0.717) is 68.8 Å². The molecule has 2 heterocycles. The van der Waals surface area contributed by atoms with Crippen LogP contribution in [0.1, 0.15) is 48.8 Å². The van der Waals surface area contributed by atoms with Gasteiger partial charge in [-0.3, -0.25) is 14.4 Å². The predicted molar refractivity (Wildman–Crippen MR) is 152 cm³/mol. The highest BCUT2D eigenvalue weighted by Gasteiger charge is 2.46. The Morgan fingerprint density at radius 1 is 0.977 bits per heavy atom. The first-order valence-corrected chi connectivity index (χ1v) is 14.9. The molecular weight excluding hydrogens is 612 g/mol. The molecule has 0 aromatic heterocycles. The Hall–Kier alpha value is -3.68. The number of benzene rings is 2. The van der Waals surface area contributed by atoms with E-state index in [1.807, 2.05) is 0 Å². The van der Waals surface area contributed by atoms with Gasteiger partial charge in [-0.05, 0) is 55.5 Å². The molecule has 2 saturated heterocycles. The Morgan fingerprint density at radius 3 is 2.36 bits per heavy atom. The molecule has 4 rings (SSSR count). The van der Waals surface area contributed by atoms with Crippen LogP contribution in [0.15, 0.2) is 52.3 Å². The lowest BCUT2D eigenvalue weighted by Crippen LogP contribution is -2.38. The molecule has 238 valence electrons. The quantitative estimate of drug-likeness (QED) is 0.179. The van der Waals surface area contributed by atoms with E-state index in [9.17, 15) is 45.8 Å². The van der Waals surface area contributed by atoms with Crippen molar-refractivity contribution in [3.63, 3.8) is 0 Å². The first-order chi connectivity index (χ1) is 20.8. The van der Waals surface area contributed by atoms with Crippen molar-refractivity contribution < 1.29 is 45.8 Å². The van der Waals surface area contributed by atoms with Gasteiger partial charge in [-0.2, -0.15) is 26.3 Å². The highest BCUT2D eigenvalue weighted by molar-refractivity contribution is 7.99. The number of anilines is 1. The molecule has 0 spiro atoms. The number of halogens is 6. The van der Waals surface area contributed by atoms with Gasteiger partial charge >= 0.3 is 18.3 Å². The first-order valence-electron chi connectivity index (χ1n) is 14.1. The van der Waals surface area contributed by atoms with Crippen molar-refractivity contribution in [2.45, 2.75) is 54.2 Å². The number of aliphatic carboxylic acids is 1. The average Bonchev–Trinajstić information content (AvgIpc) is 3.37. The number of carboxylic acids is 1. The van der Waals surface area contributed by atoms with E-state index in [2.05, 4.69) is 5.32 Å². The van der Waals surface area contributed by atoms with Crippen LogP contribution in [0.5, 0.6) is 0 Å². The van der Waals surface area contributed by atoms with Gasteiger partial charge in [-0.15, -0.1) is 0 Å². The molecule has 0 saturated carbocycles. The Morgan fingerprint density at radius 2 is 1.70 bits per heavy atom. The summed E-state index contributed by atoms with van der Waals surface area (Å²) in [5.41, 5.74) is -4.17. The zero-order chi connectivity index (χ0) is 32.1. The van der Waals surface area contributed by atoms with Crippen molar-refractivity contribution in [3.05, 3.63) is 59.2 Å². The Bertz CT molecular complexity index is 1410. The highest BCUT2D eigenvalue weighted by Crippen LogP contribution is 2.49. The van der Waals surface area contributed by atoms with Gasteiger partial charge in [0.2, 0.25) is 11.8 Å². The molecule has 2 N–H and O–H groups in total. The van der Waals surface area contributed by atoms with E-state index in [0.717, 1.165) is 24.6 Å².